The Kier molecular flexibility index (Phi) is 5.68. The topological polar surface area (TPSA) is 112 Å². The lowest BCUT2D eigenvalue weighted by atomic mass is 10.1. The van der Waals surface area contributed by atoms with Crippen molar-refractivity contribution in [2.24, 2.45) is 0 Å². The van der Waals surface area contributed by atoms with Gasteiger partial charge in [-0.15, -0.1) is 0 Å². The summed E-state index contributed by atoms with van der Waals surface area (Å²) in [7, 11) is -3.42. The van der Waals surface area contributed by atoms with Gasteiger partial charge in [0.15, 0.2) is 5.82 Å². The molecule has 5 rings (SSSR count). The quantitative estimate of drug-likeness (QED) is 0.380. The van der Waals surface area contributed by atoms with E-state index < -0.39 is 16.0 Å². The molecule has 9 nitrogen and oxygen atoms in total. The number of hydrogen-bond acceptors (Lipinski definition) is 7. The second-order valence-electron chi connectivity index (χ2n) is 8.55. The van der Waals surface area contributed by atoms with Gasteiger partial charge in [-0.1, -0.05) is 12.1 Å². The third-order valence-corrected chi connectivity index (χ3v) is 7.26. The average molecular weight is 494 g/mol. The predicted molar refractivity (Wildman–Crippen MR) is 130 cm³/mol. The van der Waals surface area contributed by atoms with Gasteiger partial charge in [0.25, 0.3) is 5.56 Å². The lowest BCUT2D eigenvalue weighted by Crippen LogP contribution is -2.34. The molecule has 0 spiro atoms. The summed E-state index contributed by atoms with van der Waals surface area (Å²) in [4.78, 5) is 30.6. The Morgan fingerprint density at radius 1 is 1.17 bits per heavy atom. The number of hydrogen-bond donors (Lipinski definition) is 0. The summed E-state index contributed by atoms with van der Waals surface area (Å²) in [6.07, 6.45) is 3.19. The number of rotatable bonds is 6. The fraction of sp³-hybridized carbons (Fsp3) is 0.240. The van der Waals surface area contributed by atoms with Crippen LogP contribution in [0.15, 0.2) is 70.1 Å². The van der Waals surface area contributed by atoms with Crippen molar-refractivity contribution in [2.45, 2.75) is 32.5 Å². The van der Waals surface area contributed by atoms with Gasteiger partial charge in [0.05, 0.1) is 41.2 Å². The normalized spacial score (nSPS) is 15.4. The first-order valence-electron chi connectivity index (χ1n) is 11.0. The number of ether oxygens (including phenoxy) is 1. The van der Waals surface area contributed by atoms with Crippen LogP contribution in [0.3, 0.4) is 0 Å². The minimum Gasteiger partial charge on any atom is -0.467 e. The van der Waals surface area contributed by atoms with Crippen LogP contribution in [0.25, 0.3) is 10.9 Å². The van der Waals surface area contributed by atoms with E-state index in [1.165, 1.54) is 21.4 Å². The zero-order valence-electron chi connectivity index (χ0n) is 19.2. The fourth-order valence-corrected chi connectivity index (χ4v) is 5.76. The molecule has 1 aliphatic rings. The van der Waals surface area contributed by atoms with Gasteiger partial charge in [0.1, 0.15) is 12.4 Å². The summed E-state index contributed by atoms with van der Waals surface area (Å²) >= 11 is 0. The highest BCUT2D eigenvalue weighted by Gasteiger charge is 2.33. The minimum absolute atomic E-state index is 0.147. The van der Waals surface area contributed by atoms with E-state index in [-0.39, 0.29) is 30.6 Å². The van der Waals surface area contributed by atoms with Gasteiger partial charge in [-0.25, -0.2) is 18.2 Å². The van der Waals surface area contributed by atoms with Crippen LogP contribution in [0, 0.1) is 0 Å². The van der Waals surface area contributed by atoms with Gasteiger partial charge in [-0.3, -0.25) is 13.7 Å². The highest BCUT2D eigenvalue weighted by Crippen LogP contribution is 2.34. The molecule has 0 aliphatic carbocycles. The van der Waals surface area contributed by atoms with Crippen molar-refractivity contribution >= 4 is 32.6 Å². The number of carbonyl (C=O) groups is 1. The van der Waals surface area contributed by atoms with Crippen molar-refractivity contribution in [3.8, 4) is 0 Å². The Balaban J connectivity index is 1.42. The molecule has 10 heteroatoms. The van der Waals surface area contributed by atoms with Gasteiger partial charge < -0.3 is 9.15 Å². The first-order valence-corrected chi connectivity index (χ1v) is 12.9. The van der Waals surface area contributed by atoms with E-state index in [1.807, 2.05) is 6.92 Å². The maximum absolute atomic E-state index is 13.1. The molecule has 1 aliphatic heterocycles. The van der Waals surface area contributed by atoms with E-state index in [9.17, 15) is 18.0 Å². The number of fused-ring (bicyclic) bond motifs is 2. The Morgan fingerprint density at radius 3 is 2.71 bits per heavy atom. The minimum atomic E-state index is -3.42. The van der Waals surface area contributed by atoms with Crippen LogP contribution in [-0.2, 0) is 34.3 Å². The zero-order valence-corrected chi connectivity index (χ0v) is 20.0. The third kappa shape index (κ3) is 4.32. The van der Waals surface area contributed by atoms with E-state index in [0.29, 0.717) is 34.3 Å². The van der Waals surface area contributed by atoms with Gasteiger partial charge in [-0.2, -0.15) is 0 Å². The van der Waals surface area contributed by atoms with E-state index in [4.69, 9.17) is 9.15 Å². The first-order chi connectivity index (χ1) is 16.7. The number of carbonyl (C=O) groups excluding carboxylic acids is 1. The lowest BCUT2D eigenvalue weighted by molar-refractivity contribution is 0.0456. The molecule has 2 aromatic carbocycles. The second kappa shape index (κ2) is 8.70. The van der Waals surface area contributed by atoms with E-state index >= 15 is 0 Å². The van der Waals surface area contributed by atoms with Gasteiger partial charge in [-0.05, 0) is 61.4 Å². The van der Waals surface area contributed by atoms with Crippen LogP contribution >= 0.6 is 0 Å². The van der Waals surface area contributed by atoms with Gasteiger partial charge in [0, 0.05) is 6.04 Å². The van der Waals surface area contributed by atoms with Crippen LogP contribution in [0.2, 0.25) is 0 Å². The van der Waals surface area contributed by atoms with Crippen molar-refractivity contribution < 1.29 is 22.4 Å². The summed E-state index contributed by atoms with van der Waals surface area (Å²) in [5.74, 6) is 0.265. The monoisotopic (exact) mass is 493 g/mol. The van der Waals surface area contributed by atoms with Crippen LogP contribution < -0.4 is 9.86 Å². The van der Waals surface area contributed by atoms with E-state index in [2.05, 4.69) is 4.98 Å². The number of furan rings is 1. The molecule has 1 atom stereocenters. The third-order valence-electron chi connectivity index (χ3n) is 5.99. The van der Waals surface area contributed by atoms with Crippen molar-refractivity contribution in [1.29, 1.82) is 0 Å². The number of aromatic nitrogens is 2. The molecule has 35 heavy (non-hydrogen) atoms. The summed E-state index contributed by atoms with van der Waals surface area (Å²) < 4.78 is 38.0. The summed E-state index contributed by atoms with van der Waals surface area (Å²) in [5, 5.41) is 0.456. The van der Waals surface area contributed by atoms with Crippen molar-refractivity contribution in [2.75, 3.05) is 10.6 Å². The van der Waals surface area contributed by atoms with Crippen molar-refractivity contribution in [3.05, 3.63) is 93.9 Å². The molecule has 2 aromatic heterocycles. The van der Waals surface area contributed by atoms with Crippen LogP contribution in [-0.4, -0.2) is 36.2 Å². The molecular formula is C25H23N3O6S. The van der Waals surface area contributed by atoms with Crippen LogP contribution in [0.1, 0.15) is 34.4 Å². The fourth-order valence-electron chi connectivity index (χ4n) is 4.49. The second-order valence-corrected chi connectivity index (χ2v) is 10.4. The highest BCUT2D eigenvalue weighted by molar-refractivity contribution is 7.92. The molecule has 0 radical (unpaired) electrons. The molecule has 0 bridgehead atoms. The average Bonchev–Trinajstić information content (AvgIpc) is 3.45. The summed E-state index contributed by atoms with van der Waals surface area (Å²) in [6.45, 7) is 1.75. The molecule has 0 unspecified atom stereocenters. The standard InChI is InChI=1S/C25H23N3O6S/c1-16-12-18-13-17(9-10-22(18)28(16)35(2,31)32)25(30)34-15-23-26-21-8-4-3-7-20(21)24(29)27(23)14-19-6-5-11-33-19/h3-11,13,16H,12,14-15H2,1-2H3/t16-/m1/s1. The van der Waals surface area contributed by atoms with Crippen molar-refractivity contribution in [1.82, 2.24) is 9.55 Å². The lowest BCUT2D eigenvalue weighted by Gasteiger charge is -2.21. The summed E-state index contributed by atoms with van der Waals surface area (Å²) in [5.41, 5.74) is 1.88. The number of para-hydroxylation sites is 1. The number of esters is 1. The molecule has 0 saturated carbocycles. The van der Waals surface area contributed by atoms with E-state index in [1.54, 1.807) is 54.6 Å². The highest BCUT2D eigenvalue weighted by atomic mass is 32.2. The van der Waals surface area contributed by atoms with Gasteiger partial charge in [0.2, 0.25) is 10.0 Å². The Hall–Kier alpha value is -3.92. The van der Waals surface area contributed by atoms with Crippen molar-refractivity contribution in [3.63, 3.8) is 0 Å². The molecule has 180 valence electrons. The van der Waals surface area contributed by atoms with Crippen LogP contribution in [0.4, 0.5) is 5.69 Å². The maximum atomic E-state index is 13.1. The zero-order chi connectivity index (χ0) is 24.7. The van der Waals surface area contributed by atoms with Gasteiger partial charge >= 0.3 is 5.97 Å². The summed E-state index contributed by atoms with van der Waals surface area (Å²) in [6, 6.07) is 15.1. The number of benzene rings is 2. The number of sulfonamides is 1. The number of nitrogens with zero attached hydrogens (tertiary/aromatic N) is 3. The van der Waals surface area contributed by atoms with E-state index in [0.717, 1.165) is 5.56 Å². The molecule has 0 saturated heterocycles. The molecular weight excluding hydrogens is 470 g/mol. The Labute approximate surface area is 201 Å². The number of anilines is 1. The molecule has 0 N–H and O–H groups in total. The molecule has 0 amide bonds. The molecule has 3 heterocycles. The maximum Gasteiger partial charge on any atom is 0.338 e. The molecule has 0 fully saturated rings. The smallest absolute Gasteiger partial charge is 0.338 e. The Morgan fingerprint density at radius 2 is 1.97 bits per heavy atom. The predicted octanol–water partition coefficient (Wildman–Crippen LogP) is 3.11. The Bertz CT molecular complexity index is 1590. The SMILES string of the molecule is C[C@@H]1Cc2cc(C(=O)OCc3nc4ccccc4c(=O)n3Cc3ccco3)ccc2N1S(C)(=O)=O. The molecule has 4 aromatic rings. The largest absolute Gasteiger partial charge is 0.467 e. The van der Waals surface area contributed by atoms with Crippen LogP contribution in [0.5, 0.6) is 0 Å². The first kappa shape index (κ1) is 22.9.